The third-order valence-corrected chi connectivity index (χ3v) is 5.49. The van der Waals surface area contributed by atoms with Gasteiger partial charge in [-0.3, -0.25) is 4.79 Å². The van der Waals surface area contributed by atoms with Crippen molar-refractivity contribution in [1.82, 2.24) is 13.6 Å². The molecule has 3 aromatic heterocycles. The summed E-state index contributed by atoms with van der Waals surface area (Å²) in [6, 6.07) is 21.0. The summed E-state index contributed by atoms with van der Waals surface area (Å²) in [4.78, 5) is 40.1. The summed E-state index contributed by atoms with van der Waals surface area (Å²) < 4.78 is 3.52. The van der Waals surface area contributed by atoms with Crippen molar-refractivity contribution in [3.05, 3.63) is 110 Å². The number of carbonyl (C=O) groups is 1. The quantitative estimate of drug-likeness (QED) is 0.447. The van der Waals surface area contributed by atoms with E-state index < -0.39 is 11.4 Å². The Hall–Kier alpha value is -3.71. The molecular weight excluding hydrogens is 374 g/mol. The second-order valence-corrected chi connectivity index (χ2v) is 7.20. The number of hydrogen-bond acceptors (Lipinski definition) is 4. The van der Waals surface area contributed by atoms with Crippen LogP contribution < -0.4 is 11.4 Å². The number of para-hydroxylation sites is 2. The molecule has 0 saturated heterocycles. The number of fused-ring (bicyclic) bond motifs is 3. The fourth-order valence-electron chi connectivity index (χ4n) is 3.37. The van der Waals surface area contributed by atoms with Gasteiger partial charge in [0.25, 0.3) is 0 Å². The second-order valence-electron chi connectivity index (χ2n) is 6.25. The molecule has 0 aliphatic heterocycles. The van der Waals surface area contributed by atoms with Gasteiger partial charge in [0.15, 0.2) is 0 Å². The third-order valence-electron chi connectivity index (χ3n) is 4.62. The van der Waals surface area contributed by atoms with Gasteiger partial charge in [0.1, 0.15) is 5.69 Å². The first kappa shape index (κ1) is 16.5. The predicted molar refractivity (Wildman–Crippen MR) is 108 cm³/mol. The Morgan fingerprint density at radius 1 is 0.786 bits per heavy atom. The number of carbonyl (C=O) groups excluding carboxylic acids is 1. The standard InChI is InChI=1S/C21H13N3O3S/c25-19(18-11-6-12-28-18)17-13-14-7-4-5-10-16(14)23-20(26)22(21(27)24(17)23)15-8-2-1-3-9-15/h1-13H. The number of thiophene rings is 1. The van der Waals surface area contributed by atoms with E-state index in [0.29, 0.717) is 21.5 Å². The average Bonchev–Trinajstić information content (AvgIpc) is 3.35. The predicted octanol–water partition coefficient (Wildman–Crippen LogP) is 3.00. The fourth-order valence-corrected chi connectivity index (χ4v) is 4.04. The minimum Gasteiger partial charge on any atom is -0.286 e. The Balaban J connectivity index is 1.97. The van der Waals surface area contributed by atoms with Gasteiger partial charge in [-0.25, -0.2) is 14.2 Å². The van der Waals surface area contributed by atoms with E-state index in [9.17, 15) is 14.4 Å². The number of nitrogens with zero attached hydrogens (tertiary/aromatic N) is 3. The maximum Gasteiger partial charge on any atom is 0.357 e. The SMILES string of the molecule is O=C(c1cccs1)c1cc2ccccc2n2c(=O)n(-c3ccccc3)c(=O)n12. The zero-order chi connectivity index (χ0) is 19.3. The number of hydrogen-bond donors (Lipinski definition) is 0. The van der Waals surface area contributed by atoms with E-state index in [0.717, 1.165) is 4.57 Å². The van der Waals surface area contributed by atoms with Crippen molar-refractivity contribution in [3.8, 4) is 5.69 Å². The van der Waals surface area contributed by atoms with Crippen LogP contribution in [0.5, 0.6) is 0 Å². The molecule has 7 heteroatoms. The summed E-state index contributed by atoms with van der Waals surface area (Å²) in [5.74, 6) is -0.300. The van der Waals surface area contributed by atoms with Gasteiger partial charge < -0.3 is 0 Å². The van der Waals surface area contributed by atoms with Gasteiger partial charge in [-0.1, -0.05) is 42.5 Å². The van der Waals surface area contributed by atoms with Crippen molar-refractivity contribution in [3.63, 3.8) is 0 Å². The Labute approximate surface area is 162 Å². The highest BCUT2D eigenvalue weighted by atomic mass is 32.1. The van der Waals surface area contributed by atoms with E-state index in [4.69, 9.17) is 0 Å². The molecule has 0 atom stereocenters. The molecule has 5 aromatic rings. The van der Waals surface area contributed by atoms with Crippen LogP contribution in [0.3, 0.4) is 0 Å². The minimum absolute atomic E-state index is 0.151. The minimum atomic E-state index is -0.582. The highest BCUT2D eigenvalue weighted by Gasteiger charge is 2.22. The van der Waals surface area contributed by atoms with E-state index in [-0.39, 0.29) is 11.5 Å². The molecule has 0 saturated carbocycles. The van der Waals surface area contributed by atoms with Crippen molar-refractivity contribution in [2.45, 2.75) is 0 Å². The summed E-state index contributed by atoms with van der Waals surface area (Å²) in [5.41, 5.74) is 0.0577. The normalized spacial score (nSPS) is 11.3. The van der Waals surface area contributed by atoms with Crippen molar-refractivity contribution < 1.29 is 4.79 Å². The van der Waals surface area contributed by atoms with Crippen molar-refractivity contribution >= 4 is 28.0 Å². The highest BCUT2D eigenvalue weighted by Crippen LogP contribution is 2.19. The maximum absolute atomic E-state index is 13.2. The van der Waals surface area contributed by atoms with Crippen molar-refractivity contribution in [2.24, 2.45) is 0 Å². The molecule has 0 spiro atoms. The van der Waals surface area contributed by atoms with E-state index >= 15 is 0 Å². The van der Waals surface area contributed by atoms with Crippen LogP contribution >= 0.6 is 11.3 Å². The fraction of sp³-hybridized carbons (Fsp3) is 0. The van der Waals surface area contributed by atoms with E-state index in [1.165, 1.54) is 20.4 Å². The number of benzene rings is 2. The van der Waals surface area contributed by atoms with Gasteiger partial charge in [0.2, 0.25) is 5.78 Å². The van der Waals surface area contributed by atoms with Crippen LogP contribution in [0.25, 0.3) is 16.6 Å². The summed E-state index contributed by atoms with van der Waals surface area (Å²) in [5, 5.41) is 2.50. The lowest BCUT2D eigenvalue weighted by Gasteiger charge is -2.07. The number of ketones is 1. The molecule has 0 bridgehead atoms. The van der Waals surface area contributed by atoms with Crippen LogP contribution in [-0.2, 0) is 0 Å². The summed E-state index contributed by atoms with van der Waals surface area (Å²) in [6.45, 7) is 0. The summed E-state index contributed by atoms with van der Waals surface area (Å²) in [6.07, 6.45) is 0. The van der Waals surface area contributed by atoms with Crippen LogP contribution in [0.4, 0.5) is 0 Å². The van der Waals surface area contributed by atoms with Gasteiger partial charge in [0, 0.05) is 5.39 Å². The van der Waals surface area contributed by atoms with Gasteiger partial charge in [0.05, 0.1) is 16.1 Å². The molecule has 0 radical (unpaired) electrons. The Bertz CT molecular complexity index is 1460. The van der Waals surface area contributed by atoms with Gasteiger partial charge in [-0.05, 0) is 35.7 Å². The molecule has 0 amide bonds. The van der Waals surface area contributed by atoms with Gasteiger partial charge >= 0.3 is 11.4 Å². The lowest BCUT2D eigenvalue weighted by Crippen LogP contribution is -2.26. The smallest absolute Gasteiger partial charge is 0.286 e. The van der Waals surface area contributed by atoms with Crippen LogP contribution in [0.1, 0.15) is 15.4 Å². The molecule has 6 nitrogen and oxygen atoms in total. The number of aromatic nitrogens is 3. The number of rotatable bonds is 3. The third kappa shape index (κ3) is 2.30. The first-order chi connectivity index (χ1) is 13.7. The van der Waals surface area contributed by atoms with Gasteiger partial charge in [-0.15, -0.1) is 11.3 Å². The molecule has 28 heavy (non-hydrogen) atoms. The van der Waals surface area contributed by atoms with E-state index in [1.807, 2.05) is 18.2 Å². The first-order valence-corrected chi connectivity index (χ1v) is 9.47. The van der Waals surface area contributed by atoms with Crippen LogP contribution in [0.2, 0.25) is 0 Å². The topological polar surface area (TPSA) is 65.0 Å². The first-order valence-electron chi connectivity index (χ1n) is 8.59. The largest absolute Gasteiger partial charge is 0.357 e. The summed E-state index contributed by atoms with van der Waals surface area (Å²) >= 11 is 1.29. The second kappa shape index (κ2) is 6.17. The highest BCUT2D eigenvalue weighted by molar-refractivity contribution is 7.12. The van der Waals surface area contributed by atoms with Gasteiger partial charge in [-0.2, -0.15) is 9.03 Å². The molecule has 0 aliphatic rings. The van der Waals surface area contributed by atoms with Crippen molar-refractivity contribution in [1.29, 1.82) is 0 Å². The monoisotopic (exact) mass is 387 g/mol. The molecule has 3 heterocycles. The molecule has 136 valence electrons. The Morgan fingerprint density at radius 2 is 1.50 bits per heavy atom. The molecule has 0 aliphatic carbocycles. The molecule has 2 aromatic carbocycles. The molecule has 0 fully saturated rings. The average molecular weight is 387 g/mol. The lowest BCUT2D eigenvalue weighted by molar-refractivity contribution is 0.103. The molecule has 0 unspecified atom stereocenters. The molecule has 0 N–H and O–H groups in total. The zero-order valence-electron chi connectivity index (χ0n) is 14.5. The summed E-state index contributed by atoms with van der Waals surface area (Å²) in [7, 11) is 0. The van der Waals surface area contributed by atoms with E-state index in [2.05, 4.69) is 0 Å². The Morgan fingerprint density at radius 3 is 2.25 bits per heavy atom. The lowest BCUT2D eigenvalue weighted by atomic mass is 10.1. The zero-order valence-corrected chi connectivity index (χ0v) is 15.3. The Kier molecular flexibility index (Phi) is 3.63. The van der Waals surface area contributed by atoms with Crippen LogP contribution in [0, 0.1) is 0 Å². The van der Waals surface area contributed by atoms with Crippen LogP contribution in [-0.4, -0.2) is 19.4 Å². The van der Waals surface area contributed by atoms with E-state index in [1.54, 1.807) is 60.0 Å². The maximum atomic E-state index is 13.2. The van der Waals surface area contributed by atoms with Crippen LogP contribution in [0.15, 0.2) is 87.8 Å². The molecule has 5 rings (SSSR count). The molecular formula is C21H13N3O3S. The van der Waals surface area contributed by atoms with Crippen molar-refractivity contribution in [2.75, 3.05) is 0 Å².